The first kappa shape index (κ1) is 18.2. The third-order valence-corrected chi connectivity index (χ3v) is 4.77. The fourth-order valence-electron chi connectivity index (χ4n) is 2.66. The molecule has 10 heteroatoms. The van der Waals surface area contributed by atoms with Crippen LogP contribution in [0.5, 0.6) is 5.75 Å². The summed E-state index contributed by atoms with van der Waals surface area (Å²) in [7, 11) is 0. The Morgan fingerprint density at radius 3 is 3.04 bits per heavy atom. The van der Waals surface area contributed by atoms with Gasteiger partial charge in [0.25, 0.3) is 5.69 Å². The minimum atomic E-state index is -0.541. The number of hydrogen-bond acceptors (Lipinski definition) is 8. The van der Waals surface area contributed by atoms with E-state index in [-0.39, 0.29) is 43.9 Å². The second-order valence-corrected chi connectivity index (χ2v) is 6.46. The van der Waals surface area contributed by atoms with Crippen LogP contribution in [0.4, 0.5) is 5.69 Å². The van der Waals surface area contributed by atoms with Crippen molar-refractivity contribution >= 4 is 29.3 Å². The SMILES string of the molecule is CCOC(=O)/C=C1\SCC(=O)N1Cc1cc([N+](=O)[O-])cc2c1OCOC2. The molecule has 138 valence electrons. The quantitative estimate of drug-likeness (QED) is 0.330. The Kier molecular flexibility index (Phi) is 5.43. The van der Waals surface area contributed by atoms with Gasteiger partial charge in [-0.2, -0.15) is 0 Å². The van der Waals surface area contributed by atoms with Crippen LogP contribution >= 0.6 is 11.8 Å². The molecule has 0 spiro atoms. The van der Waals surface area contributed by atoms with Crippen molar-refractivity contribution in [2.75, 3.05) is 19.2 Å². The lowest BCUT2D eigenvalue weighted by molar-refractivity contribution is -0.385. The number of nitro groups is 1. The molecule has 0 unspecified atom stereocenters. The Balaban J connectivity index is 1.93. The number of nitro benzene ring substituents is 1. The summed E-state index contributed by atoms with van der Waals surface area (Å²) in [6.45, 7) is 2.20. The summed E-state index contributed by atoms with van der Waals surface area (Å²) < 4.78 is 15.5. The number of fused-ring (bicyclic) bond motifs is 1. The molecular weight excluding hydrogens is 364 g/mol. The number of hydrogen-bond donors (Lipinski definition) is 0. The summed E-state index contributed by atoms with van der Waals surface area (Å²) in [4.78, 5) is 36.0. The molecule has 1 aromatic rings. The van der Waals surface area contributed by atoms with E-state index in [2.05, 4.69) is 0 Å². The highest BCUT2D eigenvalue weighted by Gasteiger charge is 2.30. The first-order chi connectivity index (χ1) is 12.5. The maximum atomic E-state index is 12.2. The topological polar surface area (TPSA) is 108 Å². The van der Waals surface area contributed by atoms with Gasteiger partial charge in [-0.3, -0.25) is 14.9 Å². The zero-order valence-corrected chi connectivity index (χ0v) is 14.7. The first-order valence-electron chi connectivity index (χ1n) is 7.82. The molecule has 2 aliphatic heterocycles. The summed E-state index contributed by atoms with van der Waals surface area (Å²) in [6.07, 6.45) is 1.26. The number of nitrogens with zero attached hydrogens (tertiary/aromatic N) is 2. The van der Waals surface area contributed by atoms with Crippen LogP contribution in [0.15, 0.2) is 23.2 Å². The van der Waals surface area contributed by atoms with Crippen molar-refractivity contribution < 1.29 is 28.7 Å². The van der Waals surface area contributed by atoms with Gasteiger partial charge in [-0.15, -0.1) is 0 Å². The van der Waals surface area contributed by atoms with E-state index in [1.54, 1.807) is 6.92 Å². The average Bonchev–Trinajstić information content (AvgIpc) is 2.95. The first-order valence-corrected chi connectivity index (χ1v) is 8.80. The van der Waals surface area contributed by atoms with Gasteiger partial charge in [0.15, 0.2) is 6.79 Å². The molecule has 1 fully saturated rings. The molecule has 2 heterocycles. The lowest BCUT2D eigenvalue weighted by Crippen LogP contribution is -2.25. The number of thioether (sulfide) groups is 1. The van der Waals surface area contributed by atoms with Crippen molar-refractivity contribution in [1.82, 2.24) is 4.90 Å². The molecule has 26 heavy (non-hydrogen) atoms. The van der Waals surface area contributed by atoms with Crippen molar-refractivity contribution in [2.24, 2.45) is 0 Å². The Morgan fingerprint density at radius 2 is 2.31 bits per heavy atom. The number of rotatable bonds is 5. The van der Waals surface area contributed by atoms with Crippen LogP contribution in [0, 0.1) is 10.1 Å². The van der Waals surface area contributed by atoms with Crippen LogP contribution in [0.3, 0.4) is 0 Å². The van der Waals surface area contributed by atoms with Gasteiger partial charge in [-0.05, 0) is 6.92 Å². The van der Waals surface area contributed by atoms with Crippen LogP contribution in [-0.4, -0.2) is 40.9 Å². The summed E-state index contributed by atoms with van der Waals surface area (Å²) in [5.41, 5.74) is 0.932. The molecule has 0 aliphatic carbocycles. The fraction of sp³-hybridized carbons (Fsp3) is 0.375. The number of ether oxygens (including phenoxy) is 3. The van der Waals surface area contributed by atoms with Crippen LogP contribution in [-0.2, 0) is 32.2 Å². The zero-order valence-electron chi connectivity index (χ0n) is 13.9. The molecule has 1 saturated heterocycles. The van der Waals surface area contributed by atoms with E-state index in [0.717, 1.165) is 0 Å². The molecule has 9 nitrogen and oxygen atoms in total. The lowest BCUT2D eigenvalue weighted by atomic mass is 10.1. The number of amides is 1. The minimum absolute atomic E-state index is 0.0338. The summed E-state index contributed by atoms with van der Waals surface area (Å²) in [6, 6.07) is 2.77. The summed E-state index contributed by atoms with van der Waals surface area (Å²) >= 11 is 1.22. The van der Waals surface area contributed by atoms with Gasteiger partial charge in [0.2, 0.25) is 5.91 Å². The van der Waals surface area contributed by atoms with Crippen LogP contribution < -0.4 is 4.74 Å². The van der Waals surface area contributed by atoms with Crippen LogP contribution in [0.1, 0.15) is 18.1 Å². The van der Waals surface area contributed by atoms with Gasteiger partial charge in [0, 0.05) is 23.3 Å². The monoisotopic (exact) mass is 380 g/mol. The molecule has 1 amide bonds. The predicted octanol–water partition coefficient (Wildman–Crippen LogP) is 1.94. The number of esters is 1. The van der Waals surface area contributed by atoms with Crippen molar-refractivity contribution in [3.05, 3.63) is 44.5 Å². The summed E-state index contributed by atoms with van der Waals surface area (Å²) in [5, 5.41) is 11.6. The van der Waals surface area contributed by atoms with Gasteiger partial charge < -0.3 is 19.1 Å². The van der Waals surface area contributed by atoms with Crippen molar-refractivity contribution in [3.63, 3.8) is 0 Å². The van der Waals surface area contributed by atoms with E-state index in [1.807, 2.05) is 0 Å². The number of benzene rings is 1. The van der Waals surface area contributed by atoms with Crippen molar-refractivity contribution in [3.8, 4) is 5.75 Å². The highest BCUT2D eigenvalue weighted by molar-refractivity contribution is 8.04. The van der Waals surface area contributed by atoms with Crippen LogP contribution in [0.25, 0.3) is 0 Å². The highest BCUT2D eigenvalue weighted by atomic mass is 32.2. The normalized spacial score (nSPS) is 17.8. The minimum Gasteiger partial charge on any atom is -0.467 e. The molecule has 0 bridgehead atoms. The standard InChI is InChI=1S/C16H16N2O7S/c1-2-24-15(20)5-14-17(13(19)8-26-14)6-10-3-12(18(21)22)4-11-7-23-9-25-16(10)11/h3-5H,2,6-9H2,1H3/b14-5-. The average molecular weight is 380 g/mol. The fourth-order valence-corrected chi connectivity index (χ4v) is 3.59. The lowest BCUT2D eigenvalue weighted by Gasteiger charge is -2.23. The maximum Gasteiger partial charge on any atom is 0.333 e. The number of carbonyl (C=O) groups is 2. The van der Waals surface area contributed by atoms with Crippen molar-refractivity contribution in [2.45, 2.75) is 20.1 Å². The Labute approximate surface area is 153 Å². The molecule has 1 aromatic carbocycles. The Bertz CT molecular complexity index is 793. The second kappa shape index (κ2) is 7.75. The third kappa shape index (κ3) is 3.81. The number of non-ortho nitro benzene ring substituents is 1. The van der Waals surface area contributed by atoms with E-state index in [0.29, 0.717) is 21.9 Å². The second-order valence-electron chi connectivity index (χ2n) is 5.46. The van der Waals surface area contributed by atoms with E-state index in [1.165, 1.54) is 34.9 Å². The number of carbonyl (C=O) groups excluding carboxylic acids is 2. The van der Waals surface area contributed by atoms with E-state index >= 15 is 0 Å². The Hall–Kier alpha value is -2.59. The molecule has 3 rings (SSSR count). The van der Waals surface area contributed by atoms with Gasteiger partial charge in [0.1, 0.15) is 5.75 Å². The zero-order chi connectivity index (χ0) is 18.7. The van der Waals surface area contributed by atoms with Gasteiger partial charge in [0.05, 0.1) is 41.5 Å². The smallest absolute Gasteiger partial charge is 0.333 e. The molecule has 0 aromatic heterocycles. The summed E-state index contributed by atoms with van der Waals surface area (Å²) in [5.74, 6) is -0.0768. The molecule has 0 saturated carbocycles. The Morgan fingerprint density at radius 1 is 1.50 bits per heavy atom. The molecule has 0 radical (unpaired) electrons. The van der Waals surface area contributed by atoms with Gasteiger partial charge in [-0.25, -0.2) is 4.79 Å². The predicted molar refractivity (Wildman–Crippen MR) is 91.1 cm³/mol. The van der Waals surface area contributed by atoms with E-state index in [4.69, 9.17) is 14.2 Å². The van der Waals surface area contributed by atoms with E-state index in [9.17, 15) is 19.7 Å². The molecule has 0 atom stereocenters. The van der Waals surface area contributed by atoms with E-state index < -0.39 is 10.9 Å². The maximum absolute atomic E-state index is 12.2. The molecule has 0 N–H and O–H groups in total. The molecular formula is C16H16N2O7S. The van der Waals surface area contributed by atoms with Gasteiger partial charge in [-0.1, -0.05) is 11.8 Å². The van der Waals surface area contributed by atoms with Crippen molar-refractivity contribution in [1.29, 1.82) is 0 Å². The van der Waals surface area contributed by atoms with Gasteiger partial charge >= 0.3 is 5.97 Å². The largest absolute Gasteiger partial charge is 0.467 e. The van der Waals surface area contributed by atoms with Crippen LogP contribution in [0.2, 0.25) is 0 Å². The molecule has 2 aliphatic rings. The highest BCUT2D eigenvalue weighted by Crippen LogP contribution is 2.37. The third-order valence-electron chi connectivity index (χ3n) is 3.75.